The van der Waals surface area contributed by atoms with Gasteiger partial charge in [0.2, 0.25) is 0 Å². The predicted octanol–water partition coefficient (Wildman–Crippen LogP) is 13.4. The van der Waals surface area contributed by atoms with Crippen molar-refractivity contribution in [3.05, 3.63) is 222 Å². The summed E-state index contributed by atoms with van der Waals surface area (Å²) >= 11 is 0. The minimum absolute atomic E-state index is 0.474. The number of rotatable bonds is 5. The van der Waals surface area contributed by atoms with Gasteiger partial charge in [0.25, 0.3) is 0 Å². The second-order valence-corrected chi connectivity index (χ2v) is 14.8. The first-order valence-corrected chi connectivity index (χ1v) is 19.4. The Balaban J connectivity index is 1.07. The molecule has 1 aliphatic heterocycles. The van der Waals surface area contributed by atoms with Crippen LogP contribution in [0.1, 0.15) is 35.1 Å². The van der Waals surface area contributed by atoms with Gasteiger partial charge in [0.1, 0.15) is 11.5 Å². The number of aromatic nitrogens is 2. The number of hydrogen-bond donors (Lipinski definition) is 0. The first-order chi connectivity index (χ1) is 27.8. The van der Waals surface area contributed by atoms with Crippen LogP contribution in [0.2, 0.25) is 0 Å². The predicted molar refractivity (Wildman–Crippen MR) is 227 cm³/mol. The van der Waals surface area contributed by atoms with Crippen molar-refractivity contribution in [3.63, 3.8) is 0 Å². The van der Waals surface area contributed by atoms with E-state index in [0.29, 0.717) is 5.82 Å². The number of allylic oxidation sites excluding steroid dienone is 4. The summed E-state index contributed by atoms with van der Waals surface area (Å²) in [4.78, 5) is 10.2. The van der Waals surface area contributed by atoms with Gasteiger partial charge in [0.15, 0.2) is 5.82 Å². The van der Waals surface area contributed by atoms with Crippen molar-refractivity contribution >= 4 is 5.57 Å². The Morgan fingerprint density at radius 2 is 1.02 bits per heavy atom. The van der Waals surface area contributed by atoms with Crippen LogP contribution in [-0.4, -0.2) is 9.97 Å². The lowest BCUT2D eigenvalue weighted by atomic mass is 9.64. The number of ether oxygens (including phenoxy) is 1. The monoisotopic (exact) mass is 716 g/mol. The van der Waals surface area contributed by atoms with Gasteiger partial charge in [-0.05, 0) is 87.7 Å². The fraction of sp³-hybridized carbons (Fsp3) is 0.0566. The zero-order valence-corrected chi connectivity index (χ0v) is 30.7. The number of fused-ring (bicyclic) bond motifs is 8. The fourth-order valence-corrected chi connectivity index (χ4v) is 9.20. The summed E-state index contributed by atoms with van der Waals surface area (Å²) in [6, 6.07) is 64.6. The number of para-hydroxylation sites is 1. The van der Waals surface area contributed by atoms with Gasteiger partial charge in [0, 0.05) is 27.8 Å². The summed E-state index contributed by atoms with van der Waals surface area (Å²) in [5, 5.41) is 0. The quantitative estimate of drug-likeness (QED) is 0.178. The van der Waals surface area contributed by atoms with Crippen LogP contribution in [0.5, 0.6) is 11.5 Å². The summed E-state index contributed by atoms with van der Waals surface area (Å²) in [5.74, 6) is 2.53. The highest BCUT2D eigenvalue weighted by Gasteiger charge is 2.51. The van der Waals surface area contributed by atoms with Crippen molar-refractivity contribution in [1.82, 2.24) is 9.97 Å². The van der Waals surface area contributed by atoms with E-state index in [1.165, 1.54) is 39.0 Å². The Kier molecular flexibility index (Phi) is 7.53. The molecule has 11 rings (SSSR count). The number of nitrogens with zero attached hydrogens (tertiary/aromatic N) is 2. The molecule has 56 heavy (non-hydrogen) atoms. The van der Waals surface area contributed by atoms with Crippen LogP contribution < -0.4 is 4.74 Å². The third-order valence-corrected chi connectivity index (χ3v) is 11.7. The molecular weight excluding hydrogens is 681 g/mol. The molecule has 2 aliphatic carbocycles. The first-order valence-electron chi connectivity index (χ1n) is 19.4. The van der Waals surface area contributed by atoms with Crippen molar-refractivity contribution in [2.24, 2.45) is 0 Å². The SMILES string of the molecule is C1=CC2=C(CC1)c1ccccc1C21c2ccccc2Oc2ccc(-c3ccccc3-c3cccc(-c4cc(-c5ccccc5)nc(-c5ccccc5)n4)c3)cc21. The summed E-state index contributed by atoms with van der Waals surface area (Å²) < 4.78 is 6.75. The van der Waals surface area contributed by atoms with Crippen molar-refractivity contribution in [1.29, 1.82) is 0 Å². The van der Waals surface area contributed by atoms with Gasteiger partial charge < -0.3 is 4.74 Å². The molecule has 0 saturated carbocycles. The van der Waals surface area contributed by atoms with E-state index in [2.05, 4.69) is 170 Å². The van der Waals surface area contributed by atoms with Crippen LogP contribution in [0.25, 0.3) is 61.7 Å². The Bertz CT molecular complexity index is 2830. The normalized spacial score (nSPS) is 16.1. The molecule has 1 atom stereocenters. The van der Waals surface area contributed by atoms with E-state index < -0.39 is 5.41 Å². The highest BCUT2D eigenvalue weighted by molar-refractivity contribution is 5.92. The second-order valence-electron chi connectivity index (χ2n) is 14.8. The molecular formula is C53H36N2O. The van der Waals surface area contributed by atoms with Crippen molar-refractivity contribution in [3.8, 4) is 67.7 Å². The molecule has 1 unspecified atom stereocenters. The first kappa shape index (κ1) is 32.3. The standard InChI is InChI=1S/C53H36N2O/c1-3-16-35(17-4-1)48-34-49(55-52(54-48)36-18-5-2-6-19-36)39-21-15-20-37(32-39)40-22-7-8-23-41(40)38-30-31-51-47(33-38)53(46-28-13-14-29-50(46)56-51)44-26-11-9-24-42(44)43-25-10-12-27-45(43)53/h1-9,11-24,26-34H,10,25H2. The molecule has 7 aromatic carbocycles. The molecule has 264 valence electrons. The Morgan fingerprint density at radius 3 is 1.80 bits per heavy atom. The molecule has 0 amide bonds. The van der Waals surface area contributed by atoms with Crippen LogP contribution >= 0.6 is 0 Å². The highest BCUT2D eigenvalue weighted by atomic mass is 16.5. The van der Waals surface area contributed by atoms with Crippen LogP contribution in [0.15, 0.2) is 200 Å². The minimum Gasteiger partial charge on any atom is -0.457 e. The molecule has 0 fully saturated rings. The molecule has 3 aliphatic rings. The molecule has 0 bridgehead atoms. The fourth-order valence-electron chi connectivity index (χ4n) is 9.20. The van der Waals surface area contributed by atoms with Crippen molar-refractivity contribution < 1.29 is 4.74 Å². The molecule has 1 aromatic heterocycles. The number of hydrogen-bond acceptors (Lipinski definition) is 3. The van der Waals surface area contributed by atoms with Gasteiger partial charge in [-0.2, -0.15) is 0 Å². The zero-order valence-electron chi connectivity index (χ0n) is 30.7. The Morgan fingerprint density at radius 1 is 0.429 bits per heavy atom. The molecule has 2 heterocycles. The van der Waals surface area contributed by atoms with Gasteiger partial charge >= 0.3 is 0 Å². The molecule has 3 heteroatoms. The molecule has 0 saturated heterocycles. The lowest BCUT2D eigenvalue weighted by molar-refractivity contribution is 0.435. The maximum absolute atomic E-state index is 6.75. The molecule has 3 nitrogen and oxygen atoms in total. The van der Waals surface area contributed by atoms with Gasteiger partial charge in [-0.3, -0.25) is 0 Å². The minimum atomic E-state index is -0.474. The average molecular weight is 717 g/mol. The van der Waals surface area contributed by atoms with Crippen LogP contribution in [-0.2, 0) is 5.41 Å². The lowest BCUT2D eigenvalue weighted by Gasteiger charge is -2.40. The van der Waals surface area contributed by atoms with Gasteiger partial charge in [-0.1, -0.05) is 164 Å². The van der Waals surface area contributed by atoms with Crippen molar-refractivity contribution in [2.45, 2.75) is 18.3 Å². The molecule has 0 radical (unpaired) electrons. The number of benzene rings is 7. The lowest BCUT2D eigenvalue weighted by Crippen LogP contribution is -2.33. The topological polar surface area (TPSA) is 35.0 Å². The maximum Gasteiger partial charge on any atom is 0.160 e. The van der Waals surface area contributed by atoms with Crippen LogP contribution in [0, 0.1) is 0 Å². The summed E-state index contributed by atoms with van der Waals surface area (Å²) in [6.07, 6.45) is 6.82. The van der Waals surface area contributed by atoms with Crippen LogP contribution in [0.4, 0.5) is 0 Å². The second kappa shape index (κ2) is 13.0. The third kappa shape index (κ3) is 5.05. The summed E-state index contributed by atoms with van der Waals surface area (Å²) in [5.41, 5.74) is 16.9. The van der Waals surface area contributed by atoms with E-state index in [0.717, 1.165) is 69.1 Å². The summed E-state index contributed by atoms with van der Waals surface area (Å²) in [6.45, 7) is 0. The van der Waals surface area contributed by atoms with E-state index >= 15 is 0 Å². The van der Waals surface area contributed by atoms with E-state index in [9.17, 15) is 0 Å². The largest absolute Gasteiger partial charge is 0.457 e. The summed E-state index contributed by atoms with van der Waals surface area (Å²) in [7, 11) is 0. The van der Waals surface area contributed by atoms with E-state index in [1.807, 2.05) is 24.3 Å². The Hall–Kier alpha value is -7.10. The molecule has 0 N–H and O–H groups in total. The zero-order chi connectivity index (χ0) is 37.1. The smallest absolute Gasteiger partial charge is 0.160 e. The van der Waals surface area contributed by atoms with E-state index in [1.54, 1.807) is 0 Å². The van der Waals surface area contributed by atoms with Gasteiger partial charge in [-0.15, -0.1) is 0 Å². The van der Waals surface area contributed by atoms with Crippen LogP contribution in [0.3, 0.4) is 0 Å². The van der Waals surface area contributed by atoms with Crippen molar-refractivity contribution in [2.75, 3.05) is 0 Å². The van der Waals surface area contributed by atoms with E-state index in [4.69, 9.17) is 14.7 Å². The van der Waals surface area contributed by atoms with E-state index in [-0.39, 0.29) is 0 Å². The van der Waals surface area contributed by atoms with Gasteiger partial charge in [-0.25, -0.2) is 9.97 Å². The molecule has 8 aromatic rings. The highest BCUT2D eigenvalue weighted by Crippen LogP contribution is 2.63. The molecule has 1 spiro atoms. The maximum atomic E-state index is 6.75. The average Bonchev–Trinajstić information content (AvgIpc) is 3.57. The Labute approximate surface area is 327 Å². The van der Waals surface area contributed by atoms with Gasteiger partial charge in [0.05, 0.1) is 16.8 Å². The third-order valence-electron chi connectivity index (χ3n) is 11.7.